The minimum Gasteiger partial charge on any atom is -0.493 e. The van der Waals surface area contributed by atoms with Gasteiger partial charge in [-0.3, -0.25) is 4.79 Å². The van der Waals surface area contributed by atoms with E-state index in [0.717, 1.165) is 67.2 Å². The van der Waals surface area contributed by atoms with E-state index in [9.17, 15) is 4.79 Å². The molecule has 2 N–H and O–H groups in total. The fraction of sp³-hybridized carbons (Fsp3) is 0.455. The maximum absolute atomic E-state index is 12.3. The molecule has 0 spiro atoms. The number of nitrogens with zero attached hydrogens (tertiary/aromatic N) is 1. The number of rotatable bonds is 8. The summed E-state index contributed by atoms with van der Waals surface area (Å²) >= 11 is 0. The molecule has 1 fully saturated rings. The highest BCUT2D eigenvalue weighted by molar-refractivity contribution is 5.92. The Labute approximate surface area is 166 Å². The van der Waals surface area contributed by atoms with Crippen molar-refractivity contribution in [2.24, 2.45) is 5.92 Å². The van der Waals surface area contributed by atoms with Gasteiger partial charge in [0.2, 0.25) is 5.91 Å². The molecule has 6 heteroatoms. The zero-order valence-electron chi connectivity index (χ0n) is 16.7. The Morgan fingerprint density at radius 1 is 1.07 bits per heavy atom. The maximum Gasteiger partial charge on any atom is 0.227 e. The number of aromatic nitrogens is 1. The van der Waals surface area contributed by atoms with E-state index in [0.29, 0.717) is 0 Å². The summed E-state index contributed by atoms with van der Waals surface area (Å²) in [6, 6.07) is 9.71. The van der Waals surface area contributed by atoms with Crippen LogP contribution in [0.2, 0.25) is 0 Å². The van der Waals surface area contributed by atoms with E-state index in [-0.39, 0.29) is 11.8 Å². The standard InChI is InChI=1S/C22H29N3O3/c1-27-19-10-8-16(14-20(19)28-2)12-13-23-21-11-9-18(15-24-21)25-22(26)17-6-4-3-5-7-17/h8-11,14-15,17H,3-7,12-13H2,1-2H3,(H,23,24)(H,25,26). The van der Waals surface area contributed by atoms with Crippen LogP contribution in [-0.4, -0.2) is 31.7 Å². The van der Waals surface area contributed by atoms with Gasteiger partial charge in [-0.05, 0) is 49.1 Å². The zero-order chi connectivity index (χ0) is 19.8. The van der Waals surface area contributed by atoms with Crippen molar-refractivity contribution in [3.63, 3.8) is 0 Å². The molecule has 3 rings (SSSR count). The molecule has 1 aliphatic carbocycles. The fourth-order valence-electron chi connectivity index (χ4n) is 3.55. The van der Waals surface area contributed by atoms with Crippen LogP contribution in [-0.2, 0) is 11.2 Å². The lowest BCUT2D eigenvalue weighted by Gasteiger charge is -2.20. The van der Waals surface area contributed by atoms with Gasteiger partial charge in [0.25, 0.3) is 0 Å². The topological polar surface area (TPSA) is 72.5 Å². The Bertz CT molecular complexity index is 771. The highest BCUT2D eigenvalue weighted by Gasteiger charge is 2.21. The molecule has 0 unspecified atom stereocenters. The monoisotopic (exact) mass is 383 g/mol. The first kappa shape index (κ1) is 20.0. The molecule has 0 bridgehead atoms. The summed E-state index contributed by atoms with van der Waals surface area (Å²) in [5.74, 6) is 2.52. The Hall–Kier alpha value is -2.76. The van der Waals surface area contributed by atoms with E-state index in [1.807, 2.05) is 30.3 Å². The first-order valence-electron chi connectivity index (χ1n) is 9.91. The summed E-state index contributed by atoms with van der Waals surface area (Å²) < 4.78 is 10.6. The Kier molecular flexibility index (Phi) is 7.12. The average Bonchev–Trinajstić information content (AvgIpc) is 2.75. The van der Waals surface area contributed by atoms with Crippen molar-refractivity contribution in [1.29, 1.82) is 0 Å². The molecule has 1 heterocycles. The normalized spacial score (nSPS) is 14.4. The van der Waals surface area contributed by atoms with Crippen LogP contribution in [0.1, 0.15) is 37.7 Å². The van der Waals surface area contributed by atoms with Crippen molar-refractivity contribution in [2.45, 2.75) is 38.5 Å². The third kappa shape index (κ3) is 5.38. The smallest absolute Gasteiger partial charge is 0.227 e. The maximum atomic E-state index is 12.3. The van der Waals surface area contributed by atoms with Crippen LogP contribution in [0, 0.1) is 5.92 Å². The number of benzene rings is 1. The van der Waals surface area contributed by atoms with Crippen LogP contribution < -0.4 is 20.1 Å². The van der Waals surface area contributed by atoms with E-state index in [4.69, 9.17) is 9.47 Å². The number of carbonyl (C=O) groups excluding carboxylic acids is 1. The molecule has 1 aromatic heterocycles. The van der Waals surface area contributed by atoms with E-state index in [1.54, 1.807) is 20.4 Å². The molecular weight excluding hydrogens is 354 g/mol. The minimum atomic E-state index is 0.121. The second-order valence-corrected chi connectivity index (χ2v) is 7.12. The van der Waals surface area contributed by atoms with Gasteiger partial charge in [0.1, 0.15) is 5.82 Å². The molecule has 0 aliphatic heterocycles. The predicted octanol–water partition coefficient (Wildman–Crippen LogP) is 4.27. The Morgan fingerprint density at radius 2 is 1.86 bits per heavy atom. The lowest BCUT2D eigenvalue weighted by Crippen LogP contribution is -2.24. The highest BCUT2D eigenvalue weighted by atomic mass is 16.5. The fourth-order valence-corrected chi connectivity index (χ4v) is 3.55. The summed E-state index contributed by atoms with van der Waals surface area (Å²) in [6.07, 6.45) is 8.08. The number of methoxy groups -OCH3 is 2. The van der Waals surface area contributed by atoms with Gasteiger partial charge in [0.15, 0.2) is 11.5 Å². The second kappa shape index (κ2) is 9.97. The number of amides is 1. The molecule has 0 saturated heterocycles. The average molecular weight is 383 g/mol. The Balaban J connectivity index is 1.47. The van der Waals surface area contributed by atoms with Gasteiger partial charge in [-0.15, -0.1) is 0 Å². The van der Waals surface area contributed by atoms with Crippen molar-refractivity contribution >= 4 is 17.4 Å². The van der Waals surface area contributed by atoms with Crippen molar-refractivity contribution in [3.05, 3.63) is 42.1 Å². The number of ether oxygens (including phenoxy) is 2. The van der Waals surface area contributed by atoms with Gasteiger partial charge in [0, 0.05) is 12.5 Å². The van der Waals surface area contributed by atoms with Crippen LogP contribution in [0.5, 0.6) is 11.5 Å². The van der Waals surface area contributed by atoms with E-state index >= 15 is 0 Å². The molecule has 1 aliphatic rings. The molecule has 150 valence electrons. The number of anilines is 2. The van der Waals surface area contributed by atoms with Crippen LogP contribution >= 0.6 is 0 Å². The van der Waals surface area contributed by atoms with Gasteiger partial charge in [-0.25, -0.2) is 4.98 Å². The lowest BCUT2D eigenvalue weighted by atomic mass is 9.88. The third-order valence-electron chi connectivity index (χ3n) is 5.17. The molecule has 0 radical (unpaired) electrons. The number of hydrogen-bond donors (Lipinski definition) is 2. The first-order valence-corrected chi connectivity index (χ1v) is 9.91. The third-order valence-corrected chi connectivity index (χ3v) is 5.17. The van der Waals surface area contributed by atoms with Crippen molar-refractivity contribution in [2.75, 3.05) is 31.4 Å². The van der Waals surface area contributed by atoms with Gasteiger partial charge in [-0.2, -0.15) is 0 Å². The lowest BCUT2D eigenvalue weighted by molar-refractivity contribution is -0.120. The van der Waals surface area contributed by atoms with Gasteiger partial charge in [0.05, 0.1) is 26.1 Å². The molecule has 2 aromatic rings. The van der Waals surface area contributed by atoms with Gasteiger partial charge < -0.3 is 20.1 Å². The minimum absolute atomic E-state index is 0.121. The van der Waals surface area contributed by atoms with Crippen molar-refractivity contribution in [3.8, 4) is 11.5 Å². The number of pyridine rings is 1. The molecule has 1 saturated carbocycles. The van der Waals surface area contributed by atoms with Crippen LogP contribution in [0.4, 0.5) is 11.5 Å². The molecule has 6 nitrogen and oxygen atoms in total. The van der Waals surface area contributed by atoms with Gasteiger partial charge in [-0.1, -0.05) is 25.3 Å². The van der Waals surface area contributed by atoms with E-state index < -0.39 is 0 Å². The predicted molar refractivity (Wildman–Crippen MR) is 111 cm³/mol. The summed E-state index contributed by atoms with van der Waals surface area (Å²) in [5.41, 5.74) is 1.91. The van der Waals surface area contributed by atoms with Crippen LogP contribution in [0.15, 0.2) is 36.5 Å². The zero-order valence-corrected chi connectivity index (χ0v) is 16.7. The molecular formula is C22H29N3O3. The first-order chi connectivity index (χ1) is 13.7. The summed E-state index contributed by atoms with van der Waals surface area (Å²) in [4.78, 5) is 16.7. The number of hydrogen-bond acceptors (Lipinski definition) is 5. The summed E-state index contributed by atoms with van der Waals surface area (Å²) in [6.45, 7) is 0.746. The molecule has 28 heavy (non-hydrogen) atoms. The summed E-state index contributed by atoms with van der Waals surface area (Å²) in [5, 5.41) is 6.30. The number of carbonyl (C=O) groups is 1. The SMILES string of the molecule is COc1ccc(CCNc2ccc(NC(=O)C3CCCCC3)cn2)cc1OC. The Morgan fingerprint density at radius 3 is 2.54 bits per heavy atom. The summed E-state index contributed by atoms with van der Waals surface area (Å²) in [7, 11) is 3.27. The van der Waals surface area contributed by atoms with Crippen LogP contribution in [0.25, 0.3) is 0 Å². The van der Waals surface area contributed by atoms with Crippen molar-refractivity contribution < 1.29 is 14.3 Å². The van der Waals surface area contributed by atoms with Crippen molar-refractivity contribution in [1.82, 2.24) is 4.98 Å². The molecule has 0 atom stereocenters. The molecule has 1 aromatic carbocycles. The van der Waals surface area contributed by atoms with E-state index in [2.05, 4.69) is 15.6 Å². The second-order valence-electron chi connectivity index (χ2n) is 7.12. The largest absolute Gasteiger partial charge is 0.493 e. The number of nitrogens with one attached hydrogen (secondary N) is 2. The quantitative estimate of drug-likeness (QED) is 0.712. The van der Waals surface area contributed by atoms with Crippen LogP contribution in [0.3, 0.4) is 0 Å². The highest BCUT2D eigenvalue weighted by Crippen LogP contribution is 2.28. The molecule has 1 amide bonds. The van der Waals surface area contributed by atoms with Gasteiger partial charge >= 0.3 is 0 Å². The van der Waals surface area contributed by atoms with E-state index in [1.165, 1.54) is 6.42 Å².